The van der Waals surface area contributed by atoms with Gasteiger partial charge in [0.25, 0.3) is 11.3 Å². The summed E-state index contributed by atoms with van der Waals surface area (Å²) >= 11 is 0. The van der Waals surface area contributed by atoms with E-state index < -0.39 is 0 Å². The van der Waals surface area contributed by atoms with Gasteiger partial charge < -0.3 is 0 Å². The zero-order valence-corrected chi connectivity index (χ0v) is 14.4. The zero-order valence-electron chi connectivity index (χ0n) is 14.4. The number of pyridine rings is 2. The third-order valence-electron chi connectivity index (χ3n) is 4.38. The molecular formula is C20H14N6O. The Labute approximate surface area is 153 Å². The topological polar surface area (TPSA) is 78.0 Å². The highest BCUT2D eigenvalue weighted by atomic mass is 16.1. The quantitative estimate of drug-likeness (QED) is 0.487. The lowest BCUT2D eigenvalue weighted by atomic mass is 10.1. The number of fused-ring (bicyclic) bond motifs is 2. The van der Waals surface area contributed by atoms with Crippen LogP contribution in [0.2, 0.25) is 0 Å². The van der Waals surface area contributed by atoms with Gasteiger partial charge in [0.05, 0.1) is 16.6 Å². The first-order valence-electron chi connectivity index (χ1n) is 8.48. The summed E-state index contributed by atoms with van der Waals surface area (Å²) in [6.07, 6.45) is 3.35. The van der Waals surface area contributed by atoms with E-state index in [2.05, 4.69) is 20.1 Å². The second kappa shape index (κ2) is 5.84. The molecule has 5 aromatic rings. The Hall–Kier alpha value is -3.87. The van der Waals surface area contributed by atoms with Crippen molar-refractivity contribution < 1.29 is 0 Å². The molecule has 7 heteroatoms. The highest BCUT2D eigenvalue weighted by Crippen LogP contribution is 2.26. The fraction of sp³-hybridized carbons (Fsp3) is 0.0500. The molecule has 4 aromatic heterocycles. The van der Waals surface area contributed by atoms with Crippen molar-refractivity contribution in [2.45, 2.75) is 6.92 Å². The van der Waals surface area contributed by atoms with Crippen molar-refractivity contribution in [2.24, 2.45) is 0 Å². The van der Waals surface area contributed by atoms with Crippen molar-refractivity contribution in [1.82, 2.24) is 29.1 Å². The normalized spacial score (nSPS) is 11.3. The van der Waals surface area contributed by atoms with Crippen molar-refractivity contribution in [3.8, 4) is 17.1 Å². The Balaban J connectivity index is 1.96. The van der Waals surface area contributed by atoms with Crippen molar-refractivity contribution >= 4 is 16.7 Å². The van der Waals surface area contributed by atoms with Gasteiger partial charge in [0.15, 0.2) is 0 Å². The molecule has 0 radical (unpaired) electrons. The van der Waals surface area contributed by atoms with E-state index in [1.54, 1.807) is 29.9 Å². The molecule has 4 heterocycles. The van der Waals surface area contributed by atoms with Gasteiger partial charge in [-0.1, -0.05) is 36.4 Å². The molecule has 5 rings (SSSR count). The Kier molecular flexibility index (Phi) is 3.33. The second-order valence-electron chi connectivity index (χ2n) is 6.14. The minimum Gasteiger partial charge on any atom is -0.268 e. The van der Waals surface area contributed by atoms with Crippen molar-refractivity contribution in [1.29, 1.82) is 0 Å². The summed E-state index contributed by atoms with van der Waals surface area (Å²) in [7, 11) is 0. The van der Waals surface area contributed by atoms with Gasteiger partial charge in [-0.2, -0.15) is 9.50 Å². The number of hydrogen-bond donors (Lipinski definition) is 0. The number of hydrogen-bond acceptors (Lipinski definition) is 5. The predicted octanol–water partition coefficient (Wildman–Crippen LogP) is 2.80. The molecule has 0 amide bonds. The van der Waals surface area contributed by atoms with Crippen LogP contribution in [0.5, 0.6) is 0 Å². The van der Waals surface area contributed by atoms with Crippen molar-refractivity contribution in [2.75, 3.05) is 0 Å². The van der Waals surface area contributed by atoms with Crippen LogP contribution >= 0.6 is 0 Å². The van der Waals surface area contributed by atoms with E-state index >= 15 is 0 Å². The van der Waals surface area contributed by atoms with Crippen LogP contribution in [-0.2, 0) is 0 Å². The smallest absolute Gasteiger partial charge is 0.267 e. The Bertz CT molecular complexity index is 1340. The van der Waals surface area contributed by atoms with Gasteiger partial charge in [-0.3, -0.25) is 9.36 Å². The van der Waals surface area contributed by atoms with Crippen LogP contribution in [0.1, 0.15) is 5.82 Å². The molecule has 130 valence electrons. The summed E-state index contributed by atoms with van der Waals surface area (Å²) in [6, 6.07) is 16.9. The van der Waals surface area contributed by atoms with Crippen LogP contribution in [0.25, 0.3) is 33.8 Å². The summed E-state index contributed by atoms with van der Waals surface area (Å²) < 4.78 is 3.16. The average Bonchev–Trinajstić information content (AvgIpc) is 3.07. The maximum absolute atomic E-state index is 13.4. The van der Waals surface area contributed by atoms with Crippen molar-refractivity contribution in [3.63, 3.8) is 0 Å². The molecule has 0 saturated carbocycles. The van der Waals surface area contributed by atoms with E-state index in [0.717, 1.165) is 5.56 Å². The lowest BCUT2D eigenvalue weighted by Gasteiger charge is -2.11. The molecule has 27 heavy (non-hydrogen) atoms. The Morgan fingerprint density at radius 1 is 0.926 bits per heavy atom. The SMILES string of the molecule is Cc1nc2nc3ccn(-c4ccccn4)c(=O)c3c(-c3ccccc3)n2n1. The number of rotatable bonds is 2. The first-order valence-corrected chi connectivity index (χ1v) is 8.48. The minimum atomic E-state index is -0.201. The van der Waals surface area contributed by atoms with Gasteiger partial charge in [0.2, 0.25) is 0 Å². The Morgan fingerprint density at radius 2 is 1.74 bits per heavy atom. The predicted molar refractivity (Wildman–Crippen MR) is 102 cm³/mol. The first-order chi connectivity index (χ1) is 13.2. The largest absolute Gasteiger partial charge is 0.268 e. The fourth-order valence-corrected chi connectivity index (χ4v) is 3.22. The molecule has 0 aliphatic heterocycles. The minimum absolute atomic E-state index is 0.201. The molecule has 0 bridgehead atoms. The highest BCUT2D eigenvalue weighted by molar-refractivity contribution is 5.93. The van der Waals surface area contributed by atoms with Gasteiger partial charge in [-0.25, -0.2) is 9.97 Å². The fourth-order valence-electron chi connectivity index (χ4n) is 3.22. The third-order valence-corrected chi connectivity index (χ3v) is 4.38. The number of nitrogens with zero attached hydrogens (tertiary/aromatic N) is 6. The standard InChI is InChI=1S/C20H14N6O/c1-13-22-20-23-15-10-12-25(16-9-5-6-11-21-16)19(27)17(15)18(26(20)24-13)14-7-3-2-4-8-14/h2-12H,1H3. The molecule has 0 unspecified atom stereocenters. The summed E-state index contributed by atoms with van der Waals surface area (Å²) in [5.41, 5.74) is 1.92. The molecular weight excluding hydrogens is 340 g/mol. The summed E-state index contributed by atoms with van der Waals surface area (Å²) in [5, 5.41) is 4.94. The Morgan fingerprint density at radius 3 is 2.52 bits per heavy atom. The maximum Gasteiger partial charge on any atom is 0.267 e. The number of benzene rings is 1. The maximum atomic E-state index is 13.4. The van der Waals surface area contributed by atoms with Gasteiger partial charge >= 0.3 is 0 Å². The molecule has 0 N–H and O–H groups in total. The van der Waals surface area contributed by atoms with Gasteiger partial charge in [-0.05, 0) is 25.1 Å². The van der Waals surface area contributed by atoms with E-state index in [0.29, 0.717) is 34.0 Å². The van der Waals surface area contributed by atoms with E-state index in [4.69, 9.17) is 0 Å². The number of aromatic nitrogens is 6. The van der Waals surface area contributed by atoms with Crippen LogP contribution in [0.4, 0.5) is 0 Å². The van der Waals surface area contributed by atoms with Gasteiger partial charge in [0.1, 0.15) is 11.6 Å². The van der Waals surface area contributed by atoms with Crippen LogP contribution in [0.3, 0.4) is 0 Å². The lowest BCUT2D eigenvalue weighted by molar-refractivity contribution is 0.920. The van der Waals surface area contributed by atoms with Crippen LogP contribution < -0.4 is 5.56 Å². The molecule has 0 spiro atoms. The lowest BCUT2D eigenvalue weighted by Crippen LogP contribution is -2.20. The zero-order chi connectivity index (χ0) is 18.4. The van der Waals surface area contributed by atoms with E-state index in [-0.39, 0.29) is 5.56 Å². The third kappa shape index (κ3) is 2.40. The van der Waals surface area contributed by atoms with E-state index in [1.807, 2.05) is 48.5 Å². The molecule has 0 aliphatic rings. The van der Waals surface area contributed by atoms with Crippen LogP contribution in [-0.4, -0.2) is 29.1 Å². The second-order valence-corrected chi connectivity index (χ2v) is 6.14. The molecule has 0 atom stereocenters. The monoisotopic (exact) mass is 354 g/mol. The van der Waals surface area contributed by atoms with Crippen LogP contribution in [0.15, 0.2) is 71.8 Å². The molecule has 7 nitrogen and oxygen atoms in total. The van der Waals surface area contributed by atoms with Gasteiger partial charge in [-0.15, -0.1) is 5.10 Å². The number of aryl methyl sites for hydroxylation is 1. The first kappa shape index (κ1) is 15.4. The van der Waals surface area contributed by atoms with E-state index in [9.17, 15) is 4.79 Å². The molecule has 0 fully saturated rings. The molecule has 0 aliphatic carbocycles. The highest BCUT2D eigenvalue weighted by Gasteiger charge is 2.18. The molecule has 0 saturated heterocycles. The molecule has 1 aromatic carbocycles. The van der Waals surface area contributed by atoms with Crippen LogP contribution in [0, 0.1) is 6.92 Å². The summed E-state index contributed by atoms with van der Waals surface area (Å²) in [4.78, 5) is 26.6. The van der Waals surface area contributed by atoms with Crippen molar-refractivity contribution in [3.05, 3.63) is 83.2 Å². The average molecular weight is 354 g/mol. The summed E-state index contributed by atoms with van der Waals surface area (Å²) in [5.74, 6) is 1.62. The van der Waals surface area contributed by atoms with E-state index in [1.165, 1.54) is 4.57 Å². The van der Waals surface area contributed by atoms with Gasteiger partial charge in [0, 0.05) is 18.0 Å². The summed E-state index contributed by atoms with van der Waals surface area (Å²) in [6.45, 7) is 1.81.